The predicted octanol–water partition coefficient (Wildman–Crippen LogP) is 1.87. The molecule has 0 saturated carbocycles. The molecule has 1 fully saturated rings. The fourth-order valence-corrected chi connectivity index (χ4v) is 3.93. The van der Waals surface area contributed by atoms with E-state index in [9.17, 15) is 13.2 Å². The Balaban J connectivity index is 1.84. The molecule has 1 aromatic carbocycles. The summed E-state index contributed by atoms with van der Waals surface area (Å²) < 4.78 is 25.3. The molecular weight excluding hydrogens is 302 g/mol. The van der Waals surface area contributed by atoms with Gasteiger partial charge in [-0.1, -0.05) is 6.07 Å². The van der Waals surface area contributed by atoms with E-state index in [2.05, 4.69) is 10.3 Å². The van der Waals surface area contributed by atoms with Gasteiger partial charge in [0.2, 0.25) is 10.0 Å². The summed E-state index contributed by atoms with van der Waals surface area (Å²) in [6.07, 6.45) is 3.77. The Morgan fingerprint density at radius 3 is 2.77 bits per heavy atom. The number of nitrogens with zero attached hydrogens (tertiary/aromatic N) is 2. The maximum atomic E-state index is 12.2. The van der Waals surface area contributed by atoms with Crippen LogP contribution in [0.2, 0.25) is 0 Å². The number of amides is 1. The fourth-order valence-electron chi connectivity index (χ4n) is 2.37. The van der Waals surface area contributed by atoms with Gasteiger partial charge in [0, 0.05) is 18.3 Å². The highest BCUT2D eigenvalue weighted by molar-refractivity contribution is 7.93. The Morgan fingerprint density at radius 1 is 1.23 bits per heavy atom. The first-order valence-corrected chi connectivity index (χ1v) is 8.49. The molecule has 0 spiro atoms. The van der Waals surface area contributed by atoms with Crippen LogP contribution in [0.15, 0.2) is 48.8 Å². The monoisotopic (exact) mass is 317 g/mol. The van der Waals surface area contributed by atoms with Crippen LogP contribution in [0.3, 0.4) is 0 Å². The van der Waals surface area contributed by atoms with Gasteiger partial charge in [-0.05, 0) is 36.8 Å². The van der Waals surface area contributed by atoms with Crippen molar-refractivity contribution in [3.05, 3.63) is 54.4 Å². The van der Waals surface area contributed by atoms with Gasteiger partial charge in [0.25, 0.3) is 5.91 Å². The molecular formula is C15H15N3O3S. The number of pyridine rings is 1. The first kappa shape index (κ1) is 14.5. The van der Waals surface area contributed by atoms with Crippen LogP contribution in [0.25, 0.3) is 0 Å². The second-order valence-electron chi connectivity index (χ2n) is 4.99. The van der Waals surface area contributed by atoms with E-state index in [4.69, 9.17) is 0 Å². The first-order valence-electron chi connectivity index (χ1n) is 6.88. The third-order valence-corrected chi connectivity index (χ3v) is 5.28. The Morgan fingerprint density at radius 2 is 2.09 bits per heavy atom. The minimum Gasteiger partial charge on any atom is -0.321 e. The van der Waals surface area contributed by atoms with Crippen molar-refractivity contribution in [1.82, 2.24) is 4.98 Å². The van der Waals surface area contributed by atoms with Crippen molar-refractivity contribution in [2.75, 3.05) is 21.9 Å². The largest absolute Gasteiger partial charge is 0.321 e. The van der Waals surface area contributed by atoms with Crippen molar-refractivity contribution >= 4 is 27.3 Å². The SMILES string of the molecule is O=C(Nc1cccnc1)c1cccc(N2CCCS2(=O)=O)c1. The van der Waals surface area contributed by atoms with E-state index in [1.807, 2.05) is 0 Å². The summed E-state index contributed by atoms with van der Waals surface area (Å²) in [6.45, 7) is 0.454. The summed E-state index contributed by atoms with van der Waals surface area (Å²) in [7, 11) is -3.25. The summed E-state index contributed by atoms with van der Waals surface area (Å²) in [5.74, 6) is -0.148. The van der Waals surface area contributed by atoms with Crippen molar-refractivity contribution < 1.29 is 13.2 Å². The highest BCUT2D eigenvalue weighted by Gasteiger charge is 2.28. The van der Waals surface area contributed by atoms with E-state index in [0.29, 0.717) is 29.9 Å². The Bertz CT molecular complexity index is 791. The minimum atomic E-state index is -3.25. The van der Waals surface area contributed by atoms with Crippen LogP contribution in [-0.2, 0) is 10.0 Å². The molecule has 0 atom stereocenters. The van der Waals surface area contributed by atoms with Crippen LogP contribution in [0.1, 0.15) is 16.8 Å². The average Bonchev–Trinajstić information content (AvgIpc) is 2.88. The molecule has 22 heavy (non-hydrogen) atoms. The quantitative estimate of drug-likeness (QED) is 0.937. The number of hydrogen-bond donors (Lipinski definition) is 1. The summed E-state index contributed by atoms with van der Waals surface area (Å²) in [6, 6.07) is 10.1. The Kier molecular flexibility index (Phi) is 3.81. The molecule has 0 unspecified atom stereocenters. The van der Waals surface area contributed by atoms with Crippen LogP contribution in [0, 0.1) is 0 Å². The number of benzene rings is 1. The first-order chi connectivity index (χ1) is 10.6. The van der Waals surface area contributed by atoms with Gasteiger partial charge in [-0.15, -0.1) is 0 Å². The van der Waals surface area contributed by atoms with Gasteiger partial charge >= 0.3 is 0 Å². The lowest BCUT2D eigenvalue weighted by atomic mass is 10.2. The molecule has 1 aliphatic heterocycles. The van der Waals surface area contributed by atoms with E-state index < -0.39 is 10.0 Å². The van der Waals surface area contributed by atoms with E-state index in [1.54, 1.807) is 48.8 Å². The number of anilines is 2. The van der Waals surface area contributed by atoms with Crippen LogP contribution >= 0.6 is 0 Å². The molecule has 114 valence electrons. The van der Waals surface area contributed by atoms with E-state index in [0.717, 1.165) is 0 Å². The molecule has 6 nitrogen and oxygen atoms in total. The van der Waals surface area contributed by atoms with E-state index in [1.165, 1.54) is 4.31 Å². The third kappa shape index (κ3) is 2.94. The number of carbonyl (C=O) groups is 1. The fraction of sp³-hybridized carbons (Fsp3) is 0.200. The van der Waals surface area contributed by atoms with E-state index >= 15 is 0 Å². The molecule has 3 rings (SSSR count). The summed E-state index contributed by atoms with van der Waals surface area (Å²) in [5, 5.41) is 2.73. The zero-order valence-electron chi connectivity index (χ0n) is 11.8. The average molecular weight is 317 g/mol. The molecule has 1 amide bonds. The second-order valence-corrected chi connectivity index (χ2v) is 7.00. The van der Waals surface area contributed by atoms with Crippen LogP contribution in [0.5, 0.6) is 0 Å². The maximum absolute atomic E-state index is 12.2. The van der Waals surface area contributed by atoms with Crippen LogP contribution in [-0.4, -0.2) is 31.6 Å². The topological polar surface area (TPSA) is 79.4 Å². The maximum Gasteiger partial charge on any atom is 0.255 e. The van der Waals surface area contributed by atoms with Gasteiger partial charge in [-0.25, -0.2) is 8.42 Å². The predicted molar refractivity (Wildman–Crippen MR) is 84.4 cm³/mol. The van der Waals surface area contributed by atoms with Crippen molar-refractivity contribution in [2.45, 2.75) is 6.42 Å². The summed E-state index contributed by atoms with van der Waals surface area (Å²) in [4.78, 5) is 16.2. The molecule has 2 heterocycles. The molecule has 1 saturated heterocycles. The number of rotatable bonds is 3. The van der Waals surface area contributed by atoms with Gasteiger partial charge in [-0.2, -0.15) is 0 Å². The smallest absolute Gasteiger partial charge is 0.255 e. The lowest BCUT2D eigenvalue weighted by Gasteiger charge is -2.17. The van der Waals surface area contributed by atoms with Gasteiger partial charge in [0.05, 0.1) is 23.3 Å². The van der Waals surface area contributed by atoms with Crippen molar-refractivity contribution in [3.63, 3.8) is 0 Å². The lowest BCUT2D eigenvalue weighted by Crippen LogP contribution is -2.25. The number of nitrogens with one attached hydrogen (secondary N) is 1. The molecule has 1 aromatic heterocycles. The van der Waals surface area contributed by atoms with Crippen molar-refractivity contribution in [3.8, 4) is 0 Å². The summed E-state index contributed by atoms with van der Waals surface area (Å²) >= 11 is 0. The van der Waals surface area contributed by atoms with Gasteiger partial charge in [0.15, 0.2) is 0 Å². The Labute approximate surface area is 128 Å². The van der Waals surface area contributed by atoms with Gasteiger partial charge in [0.1, 0.15) is 0 Å². The number of sulfonamides is 1. The molecule has 1 aliphatic rings. The highest BCUT2D eigenvalue weighted by atomic mass is 32.2. The zero-order valence-corrected chi connectivity index (χ0v) is 12.6. The number of carbonyl (C=O) groups excluding carboxylic acids is 1. The second kappa shape index (κ2) is 5.76. The van der Waals surface area contributed by atoms with Crippen LogP contribution in [0.4, 0.5) is 11.4 Å². The molecule has 0 bridgehead atoms. The normalized spacial score (nSPS) is 16.5. The number of aromatic nitrogens is 1. The molecule has 2 aromatic rings. The van der Waals surface area contributed by atoms with Crippen LogP contribution < -0.4 is 9.62 Å². The van der Waals surface area contributed by atoms with Gasteiger partial charge in [-0.3, -0.25) is 14.1 Å². The molecule has 7 heteroatoms. The molecule has 0 radical (unpaired) electrons. The standard InChI is InChI=1S/C15H15N3O3S/c19-15(17-13-5-2-7-16-11-13)12-4-1-6-14(10-12)18-8-3-9-22(18,20)21/h1-2,4-7,10-11H,3,8-9H2,(H,17,19). The van der Waals surface area contributed by atoms with Gasteiger partial charge < -0.3 is 5.32 Å². The number of hydrogen-bond acceptors (Lipinski definition) is 4. The third-order valence-electron chi connectivity index (χ3n) is 3.42. The lowest BCUT2D eigenvalue weighted by molar-refractivity contribution is 0.102. The minimum absolute atomic E-state index is 0.152. The Hall–Kier alpha value is -2.41. The molecule has 1 N–H and O–H groups in total. The van der Waals surface area contributed by atoms with Crippen molar-refractivity contribution in [1.29, 1.82) is 0 Å². The highest BCUT2D eigenvalue weighted by Crippen LogP contribution is 2.25. The summed E-state index contributed by atoms with van der Waals surface area (Å²) in [5.41, 5.74) is 1.52. The van der Waals surface area contributed by atoms with E-state index in [-0.39, 0.29) is 11.7 Å². The zero-order chi connectivity index (χ0) is 15.6. The van der Waals surface area contributed by atoms with Crippen molar-refractivity contribution in [2.24, 2.45) is 0 Å². The molecule has 0 aliphatic carbocycles.